The van der Waals surface area contributed by atoms with E-state index in [0.717, 1.165) is 28.0 Å². The van der Waals surface area contributed by atoms with Gasteiger partial charge in [0.15, 0.2) is 5.82 Å². The summed E-state index contributed by atoms with van der Waals surface area (Å²) in [6.07, 6.45) is 5.99. The molecule has 0 atom stereocenters. The SMILES string of the molecule is O=C(NCCc1ccncc1)c1csc2nc(-c3ccccn3)nc(N3CCOCC3)c12. The fourth-order valence-electron chi connectivity index (χ4n) is 3.67. The summed E-state index contributed by atoms with van der Waals surface area (Å²) < 4.78 is 5.52. The van der Waals surface area contributed by atoms with E-state index < -0.39 is 0 Å². The Hall–Kier alpha value is -3.43. The number of nitrogens with zero attached hydrogens (tertiary/aromatic N) is 5. The van der Waals surface area contributed by atoms with Gasteiger partial charge in [0.25, 0.3) is 5.91 Å². The van der Waals surface area contributed by atoms with Gasteiger partial charge in [0, 0.05) is 43.6 Å². The maximum atomic E-state index is 13.1. The zero-order chi connectivity index (χ0) is 21.8. The predicted octanol–water partition coefficient (Wildman–Crippen LogP) is 2.96. The fourth-order valence-corrected chi connectivity index (χ4v) is 4.58. The van der Waals surface area contributed by atoms with Crippen LogP contribution in [-0.4, -0.2) is 58.7 Å². The van der Waals surface area contributed by atoms with Crippen molar-refractivity contribution in [1.82, 2.24) is 25.3 Å². The highest BCUT2D eigenvalue weighted by atomic mass is 32.1. The van der Waals surface area contributed by atoms with E-state index in [1.807, 2.05) is 35.7 Å². The first kappa shape index (κ1) is 20.5. The minimum absolute atomic E-state index is 0.117. The maximum Gasteiger partial charge on any atom is 0.252 e. The van der Waals surface area contributed by atoms with Crippen molar-refractivity contribution in [3.05, 3.63) is 65.4 Å². The molecule has 1 aliphatic heterocycles. The molecule has 0 spiro atoms. The van der Waals surface area contributed by atoms with Gasteiger partial charge in [-0.2, -0.15) is 0 Å². The average molecular weight is 447 g/mol. The van der Waals surface area contributed by atoms with Crippen LogP contribution in [0.15, 0.2) is 54.3 Å². The summed E-state index contributed by atoms with van der Waals surface area (Å²) >= 11 is 1.45. The lowest BCUT2D eigenvalue weighted by atomic mass is 10.1. The lowest BCUT2D eigenvalue weighted by molar-refractivity contribution is 0.0956. The zero-order valence-corrected chi connectivity index (χ0v) is 18.2. The van der Waals surface area contributed by atoms with Crippen molar-refractivity contribution < 1.29 is 9.53 Å². The summed E-state index contributed by atoms with van der Waals surface area (Å²) in [6.45, 7) is 3.23. The number of thiophene rings is 1. The first-order chi connectivity index (χ1) is 15.8. The minimum atomic E-state index is -0.117. The van der Waals surface area contributed by atoms with Crippen LogP contribution in [0.1, 0.15) is 15.9 Å². The number of nitrogens with one attached hydrogen (secondary N) is 1. The van der Waals surface area contributed by atoms with Gasteiger partial charge in [0.1, 0.15) is 16.3 Å². The predicted molar refractivity (Wildman–Crippen MR) is 124 cm³/mol. The topological polar surface area (TPSA) is 93.1 Å². The molecule has 0 unspecified atom stereocenters. The minimum Gasteiger partial charge on any atom is -0.378 e. The summed E-state index contributed by atoms with van der Waals surface area (Å²) in [6, 6.07) is 9.58. The molecule has 1 N–H and O–H groups in total. The van der Waals surface area contributed by atoms with Crippen LogP contribution in [0.5, 0.6) is 0 Å². The van der Waals surface area contributed by atoms with Crippen LogP contribution in [0, 0.1) is 0 Å². The third-order valence-electron chi connectivity index (χ3n) is 5.31. The second kappa shape index (κ2) is 9.37. The highest BCUT2D eigenvalue weighted by Gasteiger charge is 2.24. The van der Waals surface area contributed by atoms with Crippen molar-refractivity contribution in [3.63, 3.8) is 0 Å². The van der Waals surface area contributed by atoms with Crippen molar-refractivity contribution in [2.45, 2.75) is 6.42 Å². The molecule has 1 fully saturated rings. The Morgan fingerprint density at radius 3 is 2.72 bits per heavy atom. The smallest absolute Gasteiger partial charge is 0.252 e. The number of aromatic nitrogens is 4. The molecule has 4 aromatic heterocycles. The number of morpholine rings is 1. The Kier molecular flexibility index (Phi) is 6.00. The molecule has 5 heterocycles. The lowest BCUT2D eigenvalue weighted by Gasteiger charge is -2.28. The van der Waals surface area contributed by atoms with Crippen LogP contribution in [-0.2, 0) is 11.2 Å². The molecule has 0 aliphatic carbocycles. The summed E-state index contributed by atoms with van der Waals surface area (Å²) in [7, 11) is 0. The number of fused-ring (bicyclic) bond motifs is 1. The first-order valence-corrected chi connectivity index (χ1v) is 11.4. The van der Waals surface area contributed by atoms with Crippen molar-refractivity contribution in [1.29, 1.82) is 0 Å². The third-order valence-corrected chi connectivity index (χ3v) is 6.18. The van der Waals surface area contributed by atoms with Gasteiger partial charge in [0.05, 0.1) is 24.2 Å². The Morgan fingerprint density at radius 1 is 1.09 bits per heavy atom. The van der Waals surface area contributed by atoms with E-state index in [4.69, 9.17) is 14.7 Å². The van der Waals surface area contributed by atoms with Gasteiger partial charge in [-0.3, -0.25) is 14.8 Å². The number of anilines is 1. The molecule has 162 valence electrons. The van der Waals surface area contributed by atoms with E-state index in [0.29, 0.717) is 49.9 Å². The van der Waals surface area contributed by atoms with E-state index >= 15 is 0 Å². The van der Waals surface area contributed by atoms with Gasteiger partial charge in [0.2, 0.25) is 0 Å². The van der Waals surface area contributed by atoms with E-state index in [-0.39, 0.29) is 5.91 Å². The normalized spacial score (nSPS) is 13.9. The summed E-state index contributed by atoms with van der Waals surface area (Å²) in [5.74, 6) is 1.21. The van der Waals surface area contributed by atoms with Crippen LogP contribution in [0.4, 0.5) is 5.82 Å². The number of hydrogen-bond donors (Lipinski definition) is 1. The Labute approximate surface area is 189 Å². The molecule has 8 nitrogen and oxygen atoms in total. The highest BCUT2D eigenvalue weighted by molar-refractivity contribution is 7.17. The van der Waals surface area contributed by atoms with Gasteiger partial charge >= 0.3 is 0 Å². The van der Waals surface area contributed by atoms with Crippen LogP contribution < -0.4 is 10.2 Å². The maximum absolute atomic E-state index is 13.1. The monoisotopic (exact) mass is 446 g/mol. The van der Waals surface area contributed by atoms with Crippen LogP contribution >= 0.6 is 11.3 Å². The van der Waals surface area contributed by atoms with Crippen LogP contribution in [0.25, 0.3) is 21.7 Å². The van der Waals surface area contributed by atoms with Crippen molar-refractivity contribution in [3.8, 4) is 11.5 Å². The second-order valence-corrected chi connectivity index (χ2v) is 8.23. The zero-order valence-electron chi connectivity index (χ0n) is 17.4. The molecule has 0 radical (unpaired) electrons. The molecule has 5 rings (SSSR count). The lowest BCUT2D eigenvalue weighted by Crippen LogP contribution is -2.37. The number of amides is 1. The standard InChI is InChI=1S/C23H22N6O2S/c30-22(26-10-6-16-4-8-24-9-5-16)17-15-32-23-19(17)21(29-11-13-31-14-12-29)27-20(28-23)18-3-1-2-7-25-18/h1-5,7-9,15H,6,10-14H2,(H,26,30). The molecule has 0 aromatic carbocycles. The Morgan fingerprint density at radius 2 is 1.94 bits per heavy atom. The van der Waals surface area contributed by atoms with E-state index in [1.54, 1.807) is 18.6 Å². The number of hydrogen-bond acceptors (Lipinski definition) is 8. The number of carbonyl (C=O) groups is 1. The number of pyridine rings is 2. The molecule has 9 heteroatoms. The Balaban J connectivity index is 1.47. The van der Waals surface area contributed by atoms with Gasteiger partial charge < -0.3 is 15.0 Å². The number of ether oxygens (including phenoxy) is 1. The molecule has 0 saturated carbocycles. The quantitative estimate of drug-likeness (QED) is 0.487. The molecular weight excluding hydrogens is 424 g/mol. The molecule has 4 aromatic rings. The summed E-state index contributed by atoms with van der Waals surface area (Å²) in [5, 5.41) is 5.70. The fraction of sp³-hybridized carbons (Fsp3) is 0.261. The second-order valence-electron chi connectivity index (χ2n) is 7.38. The van der Waals surface area contributed by atoms with E-state index in [9.17, 15) is 4.79 Å². The van der Waals surface area contributed by atoms with E-state index in [1.165, 1.54) is 11.3 Å². The first-order valence-electron chi connectivity index (χ1n) is 10.5. The van der Waals surface area contributed by atoms with Gasteiger partial charge in [-0.1, -0.05) is 6.07 Å². The largest absolute Gasteiger partial charge is 0.378 e. The van der Waals surface area contributed by atoms with Gasteiger partial charge in [-0.25, -0.2) is 9.97 Å². The highest BCUT2D eigenvalue weighted by Crippen LogP contribution is 2.34. The number of rotatable bonds is 6. The van der Waals surface area contributed by atoms with Crippen molar-refractivity contribution >= 4 is 33.3 Å². The number of carbonyl (C=O) groups excluding carboxylic acids is 1. The van der Waals surface area contributed by atoms with Crippen molar-refractivity contribution in [2.24, 2.45) is 0 Å². The summed E-state index contributed by atoms with van der Waals surface area (Å²) in [5.41, 5.74) is 2.45. The van der Waals surface area contributed by atoms with Gasteiger partial charge in [-0.15, -0.1) is 11.3 Å². The molecule has 32 heavy (non-hydrogen) atoms. The van der Waals surface area contributed by atoms with Gasteiger partial charge in [-0.05, 0) is 36.2 Å². The molecule has 1 amide bonds. The molecule has 1 saturated heterocycles. The van der Waals surface area contributed by atoms with Crippen molar-refractivity contribution in [2.75, 3.05) is 37.7 Å². The average Bonchev–Trinajstić information content (AvgIpc) is 3.29. The van der Waals surface area contributed by atoms with E-state index in [2.05, 4.69) is 20.2 Å². The van der Waals surface area contributed by atoms with Crippen LogP contribution in [0.2, 0.25) is 0 Å². The Bertz CT molecular complexity index is 1210. The molecule has 0 bridgehead atoms. The van der Waals surface area contributed by atoms with Crippen LogP contribution in [0.3, 0.4) is 0 Å². The molecule has 1 aliphatic rings. The third kappa shape index (κ3) is 4.30. The molecular formula is C23H22N6O2S. The summed E-state index contributed by atoms with van der Waals surface area (Å²) in [4.78, 5) is 34.0.